The second kappa shape index (κ2) is 3.94. The minimum absolute atomic E-state index is 0.266. The third-order valence-electron chi connectivity index (χ3n) is 2.39. The summed E-state index contributed by atoms with van der Waals surface area (Å²) in [5, 5.41) is 5.03. The van der Waals surface area contributed by atoms with E-state index in [1.807, 2.05) is 18.5 Å². The van der Waals surface area contributed by atoms with Crippen LogP contribution in [0, 0.1) is 13.8 Å². The summed E-state index contributed by atoms with van der Waals surface area (Å²) in [6.45, 7) is 7.92. The number of hydrogen-bond donors (Lipinski definition) is 0. The van der Waals surface area contributed by atoms with E-state index in [1.54, 1.807) is 6.26 Å². The number of oxazole rings is 1. The fourth-order valence-electron chi connectivity index (χ4n) is 1.60. The first kappa shape index (κ1) is 11.2. The third kappa shape index (κ3) is 1.73. The quantitative estimate of drug-likeness (QED) is 0.807. The van der Waals surface area contributed by atoms with Gasteiger partial charge in [0.05, 0.1) is 16.4 Å². The van der Waals surface area contributed by atoms with E-state index in [2.05, 4.69) is 23.9 Å². The van der Waals surface area contributed by atoms with E-state index in [0.717, 1.165) is 11.4 Å². The van der Waals surface area contributed by atoms with Crippen LogP contribution in [0.4, 0.5) is 0 Å². The maximum atomic E-state index is 6.22. The molecular formula is C11H14ClN3O. The fourth-order valence-corrected chi connectivity index (χ4v) is 1.81. The molecule has 0 aliphatic carbocycles. The Balaban J connectivity index is 2.54. The number of aromatic nitrogens is 3. The van der Waals surface area contributed by atoms with Crippen LogP contribution < -0.4 is 0 Å². The highest BCUT2D eigenvalue weighted by atomic mass is 35.5. The Bertz CT molecular complexity index is 513. The molecule has 5 heteroatoms. The van der Waals surface area contributed by atoms with E-state index in [4.69, 9.17) is 16.0 Å². The molecule has 0 amide bonds. The lowest BCUT2D eigenvalue weighted by Crippen LogP contribution is -2.04. The van der Waals surface area contributed by atoms with Gasteiger partial charge in [-0.05, 0) is 27.7 Å². The number of halogens is 1. The van der Waals surface area contributed by atoms with Gasteiger partial charge < -0.3 is 4.42 Å². The molecule has 0 N–H and O–H groups in total. The highest BCUT2D eigenvalue weighted by molar-refractivity contribution is 6.33. The van der Waals surface area contributed by atoms with Crippen LogP contribution in [0.2, 0.25) is 5.02 Å². The molecule has 0 spiro atoms. The van der Waals surface area contributed by atoms with Crippen molar-refractivity contribution in [3.8, 4) is 11.6 Å². The van der Waals surface area contributed by atoms with E-state index in [9.17, 15) is 0 Å². The van der Waals surface area contributed by atoms with Gasteiger partial charge in [-0.25, -0.2) is 4.98 Å². The second-order valence-electron chi connectivity index (χ2n) is 4.08. The number of rotatable bonds is 2. The largest absolute Gasteiger partial charge is 0.443 e. The molecule has 2 rings (SSSR count). The van der Waals surface area contributed by atoms with Crippen molar-refractivity contribution >= 4 is 11.6 Å². The van der Waals surface area contributed by atoms with Gasteiger partial charge in [-0.3, -0.25) is 4.68 Å². The number of aryl methyl sites for hydroxylation is 1. The van der Waals surface area contributed by atoms with E-state index in [1.165, 1.54) is 0 Å². The van der Waals surface area contributed by atoms with Crippen LogP contribution in [0.25, 0.3) is 11.6 Å². The van der Waals surface area contributed by atoms with Gasteiger partial charge in [0.1, 0.15) is 6.26 Å². The summed E-state index contributed by atoms with van der Waals surface area (Å²) >= 11 is 6.22. The Hall–Kier alpha value is -1.29. The standard InChI is InChI=1S/C11H14ClN3O/c1-6(2)15-8(4)9(12)10(14-15)11-13-7(3)5-16-11/h5-6H,1-4H3. The zero-order valence-corrected chi connectivity index (χ0v) is 10.5. The maximum Gasteiger partial charge on any atom is 0.248 e. The summed E-state index contributed by atoms with van der Waals surface area (Å²) < 4.78 is 7.18. The van der Waals surface area contributed by atoms with Gasteiger partial charge in [0, 0.05) is 6.04 Å². The molecule has 0 unspecified atom stereocenters. The minimum Gasteiger partial charge on any atom is -0.443 e. The van der Waals surface area contributed by atoms with E-state index < -0.39 is 0 Å². The Morgan fingerprint density at radius 1 is 1.38 bits per heavy atom. The molecule has 0 atom stereocenters. The highest BCUT2D eigenvalue weighted by Gasteiger charge is 2.19. The maximum absolute atomic E-state index is 6.22. The van der Waals surface area contributed by atoms with Crippen LogP contribution in [-0.2, 0) is 0 Å². The average Bonchev–Trinajstić information content (AvgIpc) is 2.74. The molecule has 16 heavy (non-hydrogen) atoms. The molecule has 0 bridgehead atoms. The van der Waals surface area contributed by atoms with Crippen molar-refractivity contribution in [1.29, 1.82) is 0 Å². The number of hydrogen-bond acceptors (Lipinski definition) is 3. The molecule has 0 aliphatic rings. The Morgan fingerprint density at radius 2 is 2.06 bits per heavy atom. The van der Waals surface area contributed by atoms with Crippen LogP contribution in [0.5, 0.6) is 0 Å². The van der Waals surface area contributed by atoms with Gasteiger partial charge in [-0.1, -0.05) is 11.6 Å². The Morgan fingerprint density at radius 3 is 2.50 bits per heavy atom. The van der Waals surface area contributed by atoms with Crippen LogP contribution >= 0.6 is 11.6 Å². The van der Waals surface area contributed by atoms with Gasteiger partial charge >= 0.3 is 0 Å². The van der Waals surface area contributed by atoms with Gasteiger partial charge in [-0.2, -0.15) is 5.10 Å². The van der Waals surface area contributed by atoms with Crippen molar-refractivity contribution in [2.24, 2.45) is 0 Å². The van der Waals surface area contributed by atoms with Crippen molar-refractivity contribution in [2.75, 3.05) is 0 Å². The highest BCUT2D eigenvalue weighted by Crippen LogP contribution is 2.30. The van der Waals surface area contributed by atoms with E-state index in [-0.39, 0.29) is 6.04 Å². The Kier molecular flexibility index (Phi) is 2.76. The first-order chi connectivity index (χ1) is 7.50. The normalized spacial score (nSPS) is 11.4. The zero-order chi connectivity index (χ0) is 11.9. The zero-order valence-electron chi connectivity index (χ0n) is 9.78. The first-order valence-corrected chi connectivity index (χ1v) is 5.55. The predicted molar refractivity (Wildman–Crippen MR) is 62.6 cm³/mol. The lowest BCUT2D eigenvalue weighted by atomic mass is 10.3. The van der Waals surface area contributed by atoms with Crippen molar-refractivity contribution in [1.82, 2.24) is 14.8 Å². The average molecular weight is 240 g/mol. The monoisotopic (exact) mass is 239 g/mol. The van der Waals surface area contributed by atoms with Crippen LogP contribution in [0.1, 0.15) is 31.3 Å². The van der Waals surface area contributed by atoms with Gasteiger partial charge in [0.15, 0.2) is 5.69 Å². The first-order valence-electron chi connectivity index (χ1n) is 5.17. The predicted octanol–water partition coefficient (Wildman–Crippen LogP) is 3.39. The molecule has 0 saturated carbocycles. The minimum atomic E-state index is 0.266. The summed E-state index contributed by atoms with van der Waals surface area (Å²) in [6, 6.07) is 0.266. The van der Waals surface area contributed by atoms with Gasteiger partial charge in [-0.15, -0.1) is 0 Å². The molecule has 2 aromatic heterocycles. The van der Waals surface area contributed by atoms with E-state index >= 15 is 0 Å². The molecule has 4 nitrogen and oxygen atoms in total. The van der Waals surface area contributed by atoms with Gasteiger partial charge in [0.25, 0.3) is 0 Å². The lowest BCUT2D eigenvalue weighted by Gasteiger charge is -2.06. The summed E-state index contributed by atoms with van der Waals surface area (Å²) in [5.74, 6) is 0.477. The van der Waals surface area contributed by atoms with E-state index in [0.29, 0.717) is 16.6 Å². The summed E-state index contributed by atoms with van der Waals surface area (Å²) in [5.41, 5.74) is 2.37. The molecule has 0 radical (unpaired) electrons. The molecule has 0 aliphatic heterocycles. The molecule has 86 valence electrons. The molecule has 0 aromatic carbocycles. The van der Waals surface area contributed by atoms with Crippen LogP contribution in [0.3, 0.4) is 0 Å². The van der Waals surface area contributed by atoms with Gasteiger partial charge in [0.2, 0.25) is 5.89 Å². The SMILES string of the molecule is Cc1coc(-c2nn(C(C)C)c(C)c2Cl)n1. The summed E-state index contributed by atoms with van der Waals surface area (Å²) in [4.78, 5) is 4.23. The summed E-state index contributed by atoms with van der Waals surface area (Å²) in [6.07, 6.45) is 1.59. The van der Waals surface area contributed by atoms with Crippen molar-refractivity contribution in [3.05, 3.63) is 22.7 Å². The van der Waals surface area contributed by atoms with Crippen LogP contribution in [0.15, 0.2) is 10.7 Å². The topological polar surface area (TPSA) is 43.9 Å². The fraction of sp³-hybridized carbons (Fsp3) is 0.455. The molecule has 2 aromatic rings. The Labute approximate surface area is 99.2 Å². The van der Waals surface area contributed by atoms with Crippen molar-refractivity contribution < 1.29 is 4.42 Å². The van der Waals surface area contributed by atoms with Crippen LogP contribution in [-0.4, -0.2) is 14.8 Å². The molecule has 2 heterocycles. The van der Waals surface area contributed by atoms with Crippen molar-refractivity contribution in [2.45, 2.75) is 33.7 Å². The lowest BCUT2D eigenvalue weighted by molar-refractivity contribution is 0.515. The molecule has 0 fully saturated rings. The van der Waals surface area contributed by atoms with Crippen molar-refractivity contribution in [3.63, 3.8) is 0 Å². The number of nitrogens with zero attached hydrogens (tertiary/aromatic N) is 3. The second-order valence-corrected chi connectivity index (χ2v) is 4.46. The smallest absolute Gasteiger partial charge is 0.248 e. The third-order valence-corrected chi connectivity index (χ3v) is 2.84. The molecule has 0 saturated heterocycles. The summed E-state index contributed by atoms with van der Waals surface area (Å²) in [7, 11) is 0. The molecular weight excluding hydrogens is 226 g/mol.